The number of aryl methyl sites for hydroxylation is 1. The Kier molecular flexibility index (Phi) is 6.73. The number of aromatic nitrogens is 3. The molecule has 0 saturated carbocycles. The molecule has 4 aromatic rings. The Morgan fingerprint density at radius 2 is 1.65 bits per heavy atom. The Hall–Kier alpha value is -4.39. The number of pyridine rings is 1. The summed E-state index contributed by atoms with van der Waals surface area (Å²) in [6.45, 7) is 1.93. The lowest BCUT2D eigenvalue weighted by atomic mass is 10.1. The fourth-order valence-corrected chi connectivity index (χ4v) is 3.59. The summed E-state index contributed by atoms with van der Waals surface area (Å²) < 4.78 is 18.3. The van der Waals surface area contributed by atoms with Crippen LogP contribution in [0.4, 0.5) is 0 Å². The van der Waals surface area contributed by atoms with E-state index in [1.54, 1.807) is 44.4 Å². The van der Waals surface area contributed by atoms with Gasteiger partial charge < -0.3 is 14.2 Å². The van der Waals surface area contributed by atoms with Crippen LogP contribution >= 0.6 is 0 Å². The molecule has 0 N–H and O–H groups in total. The quantitative estimate of drug-likeness (QED) is 0.270. The van der Waals surface area contributed by atoms with E-state index in [1.165, 1.54) is 6.08 Å². The van der Waals surface area contributed by atoms with Gasteiger partial charge in [-0.1, -0.05) is 18.2 Å². The van der Waals surface area contributed by atoms with Crippen LogP contribution in [-0.4, -0.2) is 41.9 Å². The highest BCUT2D eigenvalue weighted by molar-refractivity contribution is 6.05. The highest BCUT2D eigenvalue weighted by atomic mass is 16.5. The van der Waals surface area contributed by atoms with Crippen LogP contribution in [0.15, 0.2) is 73.1 Å². The third kappa shape index (κ3) is 4.68. The number of hydrogen-bond donors (Lipinski definition) is 0. The van der Waals surface area contributed by atoms with Crippen molar-refractivity contribution < 1.29 is 19.0 Å². The van der Waals surface area contributed by atoms with E-state index in [2.05, 4.69) is 4.98 Å². The molecule has 172 valence electrons. The lowest BCUT2D eigenvalue weighted by Gasteiger charge is -2.13. The average Bonchev–Trinajstić information content (AvgIpc) is 3.31. The molecule has 7 heteroatoms. The van der Waals surface area contributed by atoms with Crippen LogP contribution in [0.3, 0.4) is 0 Å². The summed E-state index contributed by atoms with van der Waals surface area (Å²) in [6, 6.07) is 17.0. The van der Waals surface area contributed by atoms with Gasteiger partial charge in [0.1, 0.15) is 11.4 Å². The van der Waals surface area contributed by atoms with Crippen LogP contribution in [0.2, 0.25) is 0 Å². The number of rotatable bonds is 8. The summed E-state index contributed by atoms with van der Waals surface area (Å²) in [5, 5.41) is 4.81. The van der Waals surface area contributed by atoms with E-state index in [0.29, 0.717) is 28.6 Å². The van der Waals surface area contributed by atoms with Crippen molar-refractivity contribution >= 4 is 11.9 Å². The van der Waals surface area contributed by atoms with Gasteiger partial charge >= 0.3 is 0 Å². The number of para-hydroxylation sites is 1. The molecular weight excluding hydrogens is 430 g/mol. The first-order valence-corrected chi connectivity index (χ1v) is 10.6. The number of ether oxygens (including phenoxy) is 3. The van der Waals surface area contributed by atoms with E-state index in [4.69, 9.17) is 19.3 Å². The Morgan fingerprint density at radius 3 is 2.26 bits per heavy atom. The molecule has 0 atom stereocenters. The van der Waals surface area contributed by atoms with Gasteiger partial charge in [-0.05, 0) is 61.0 Å². The van der Waals surface area contributed by atoms with Gasteiger partial charge in [0.25, 0.3) is 0 Å². The molecule has 0 radical (unpaired) electrons. The molecule has 0 fully saturated rings. The van der Waals surface area contributed by atoms with Crippen molar-refractivity contribution in [2.75, 3.05) is 21.3 Å². The summed E-state index contributed by atoms with van der Waals surface area (Å²) in [6.07, 6.45) is 6.76. The van der Waals surface area contributed by atoms with Gasteiger partial charge in [-0.3, -0.25) is 9.78 Å². The van der Waals surface area contributed by atoms with E-state index in [1.807, 2.05) is 61.7 Å². The first kappa shape index (κ1) is 22.8. The highest BCUT2D eigenvalue weighted by Crippen LogP contribution is 2.41. The SMILES string of the molecule is COc1cc(-c2nn(-c3ccccc3)cc2/C=C\C(=O)c2cc(C)ccn2)cc(OC)c1OC. The third-order valence-electron chi connectivity index (χ3n) is 5.28. The first-order valence-electron chi connectivity index (χ1n) is 10.6. The van der Waals surface area contributed by atoms with Gasteiger partial charge in [-0.15, -0.1) is 0 Å². The van der Waals surface area contributed by atoms with Crippen molar-refractivity contribution in [3.8, 4) is 34.2 Å². The molecule has 2 heterocycles. The Morgan fingerprint density at radius 1 is 0.941 bits per heavy atom. The highest BCUT2D eigenvalue weighted by Gasteiger charge is 2.18. The number of hydrogen-bond acceptors (Lipinski definition) is 6. The van der Waals surface area contributed by atoms with Crippen molar-refractivity contribution in [3.63, 3.8) is 0 Å². The second-order valence-electron chi connectivity index (χ2n) is 7.54. The van der Waals surface area contributed by atoms with Crippen molar-refractivity contribution in [1.82, 2.24) is 14.8 Å². The van der Waals surface area contributed by atoms with E-state index in [0.717, 1.165) is 22.4 Å². The zero-order chi connectivity index (χ0) is 24.1. The van der Waals surface area contributed by atoms with Gasteiger partial charge in [0.05, 0.1) is 27.0 Å². The molecule has 0 bridgehead atoms. The van der Waals surface area contributed by atoms with Crippen LogP contribution in [0, 0.1) is 6.92 Å². The zero-order valence-electron chi connectivity index (χ0n) is 19.5. The smallest absolute Gasteiger partial charge is 0.204 e. The number of carbonyl (C=O) groups excluding carboxylic acids is 1. The van der Waals surface area contributed by atoms with Crippen LogP contribution < -0.4 is 14.2 Å². The molecule has 0 saturated heterocycles. The Balaban J connectivity index is 1.82. The van der Waals surface area contributed by atoms with Gasteiger partial charge in [0.2, 0.25) is 11.5 Å². The maximum atomic E-state index is 12.7. The van der Waals surface area contributed by atoms with Crippen LogP contribution in [0.5, 0.6) is 17.2 Å². The summed E-state index contributed by atoms with van der Waals surface area (Å²) in [5.41, 5.74) is 4.42. The Bertz CT molecular complexity index is 1320. The normalized spacial score (nSPS) is 10.9. The summed E-state index contributed by atoms with van der Waals surface area (Å²) in [4.78, 5) is 16.9. The van der Waals surface area contributed by atoms with Gasteiger partial charge in [-0.2, -0.15) is 5.10 Å². The number of nitrogens with zero attached hydrogens (tertiary/aromatic N) is 3. The maximum absolute atomic E-state index is 12.7. The zero-order valence-corrected chi connectivity index (χ0v) is 19.5. The average molecular weight is 456 g/mol. The molecule has 7 nitrogen and oxygen atoms in total. The molecule has 0 aliphatic heterocycles. The van der Waals surface area contributed by atoms with Crippen LogP contribution in [0.1, 0.15) is 21.6 Å². The standard InChI is InChI=1S/C27H25N3O4/c1-18-12-13-28-22(14-18)23(31)11-10-19-17-30(21-8-6-5-7-9-21)29-26(19)20-15-24(32-2)27(34-4)25(16-20)33-3/h5-17H,1-4H3/b11-10-. The molecule has 0 aliphatic rings. The fraction of sp³-hybridized carbons (Fsp3) is 0.148. The van der Waals surface area contributed by atoms with Crippen LogP contribution in [-0.2, 0) is 0 Å². The molecular formula is C27H25N3O4. The third-order valence-corrected chi connectivity index (χ3v) is 5.28. The fourth-order valence-electron chi connectivity index (χ4n) is 3.59. The predicted octanol–water partition coefficient (Wildman–Crippen LogP) is 5.16. The van der Waals surface area contributed by atoms with Crippen molar-refractivity contribution in [2.24, 2.45) is 0 Å². The number of methoxy groups -OCH3 is 3. The molecule has 34 heavy (non-hydrogen) atoms. The summed E-state index contributed by atoms with van der Waals surface area (Å²) in [5.74, 6) is 1.34. The molecule has 0 unspecified atom stereocenters. The van der Waals surface area contributed by atoms with E-state index in [-0.39, 0.29) is 5.78 Å². The lowest BCUT2D eigenvalue weighted by molar-refractivity contribution is 0.104. The molecule has 4 rings (SSSR count). The van der Waals surface area contributed by atoms with Gasteiger partial charge in [-0.25, -0.2) is 4.68 Å². The first-order chi connectivity index (χ1) is 16.5. The van der Waals surface area contributed by atoms with E-state index >= 15 is 0 Å². The van der Waals surface area contributed by atoms with Gasteiger partial charge in [0.15, 0.2) is 11.5 Å². The number of benzene rings is 2. The molecule has 2 aromatic heterocycles. The number of allylic oxidation sites excluding steroid dienone is 1. The molecule has 2 aromatic carbocycles. The maximum Gasteiger partial charge on any atom is 0.204 e. The van der Waals surface area contributed by atoms with Gasteiger partial charge in [0, 0.05) is 23.5 Å². The van der Waals surface area contributed by atoms with E-state index in [9.17, 15) is 4.79 Å². The topological polar surface area (TPSA) is 75.5 Å². The molecule has 0 amide bonds. The largest absolute Gasteiger partial charge is 0.493 e. The number of carbonyl (C=O) groups is 1. The number of ketones is 1. The van der Waals surface area contributed by atoms with Crippen LogP contribution in [0.25, 0.3) is 23.0 Å². The Labute approximate surface area is 198 Å². The minimum Gasteiger partial charge on any atom is -0.493 e. The van der Waals surface area contributed by atoms with Crippen molar-refractivity contribution in [3.05, 3.63) is 89.9 Å². The van der Waals surface area contributed by atoms with Crippen molar-refractivity contribution in [2.45, 2.75) is 6.92 Å². The lowest BCUT2D eigenvalue weighted by Crippen LogP contribution is -1.98. The monoisotopic (exact) mass is 455 g/mol. The van der Waals surface area contributed by atoms with E-state index < -0.39 is 0 Å². The summed E-state index contributed by atoms with van der Waals surface area (Å²) in [7, 11) is 4.69. The molecule has 0 spiro atoms. The molecule has 0 aliphatic carbocycles. The minimum atomic E-state index is -0.188. The second kappa shape index (κ2) is 10.0. The van der Waals surface area contributed by atoms with Crippen molar-refractivity contribution in [1.29, 1.82) is 0 Å². The predicted molar refractivity (Wildman–Crippen MR) is 131 cm³/mol. The second-order valence-corrected chi connectivity index (χ2v) is 7.54. The minimum absolute atomic E-state index is 0.188. The summed E-state index contributed by atoms with van der Waals surface area (Å²) >= 11 is 0.